The summed E-state index contributed by atoms with van der Waals surface area (Å²) in [6.45, 7) is 6.10. The molecule has 0 aliphatic carbocycles. The Labute approximate surface area is 115 Å². The molecule has 0 aliphatic heterocycles. The van der Waals surface area contributed by atoms with Crippen LogP contribution in [0.5, 0.6) is 5.75 Å². The molecule has 3 heteroatoms. The number of hydrogen-bond donors (Lipinski definition) is 0. The Morgan fingerprint density at radius 1 is 1.21 bits per heavy atom. The van der Waals surface area contributed by atoms with Gasteiger partial charge in [-0.1, -0.05) is 31.9 Å². The van der Waals surface area contributed by atoms with E-state index in [9.17, 15) is 4.79 Å². The van der Waals surface area contributed by atoms with E-state index in [4.69, 9.17) is 9.47 Å². The maximum Gasteiger partial charge on any atom is 0.313 e. The van der Waals surface area contributed by atoms with Crippen LogP contribution >= 0.6 is 0 Å². The van der Waals surface area contributed by atoms with Crippen LogP contribution in [0.3, 0.4) is 0 Å². The highest BCUT2D eigenvalue weighted by Crippen LogP contribution is 2.25. The first-order valence-electron chi connectivity index (χ1n) is 6.93. The van der Waals surface area contributed by atoms with Crippen LogP contribution in [0.2, 0.25) is 0 Å². The molecule has 19 heavy (non-hydrogen) atoms. The first-order valence-corrected chi connectivity index (χ1v) is 6.93. The van der Waals surface area contributed by atoms with Gasteiger partial charge < -0.3 is 9.47 Å². The lowest BCUT2D eigenvalue weighted by Crippen LogP contribution is -2.14. The van der Waals surface area contributed by atoms with Crippen molar-refractivity contribution in [1.29, 1.82) is 0 Å². The molecule has 1 unspecified atom stereocenters. The minimum atomic E-state index is -0.168. The van der Waals surface area contributed by atoms with Gasteiger partial charge in [0, 0.05) is 0 Å². The van der Waals surface area contributed by atoms with Crippen molar-refractivity contribution in [2.45, 2.75) is 52.1 Å². The fourth-order valence-electron chi connectivity index (χ4n) is 2.02. The molecule has 1 aromatic rings. The molecule has 1 rings (SSSR count). The molecule has 3 nitrogen and oxygen atoms in total. The van der Waals surface area contributed by atoms with Gasteiger partial charge in [-0.2, -0.15) is 0 Å². The van der Waals surface area contributed by atoms with E-state index in [0.29, 0.717) is 0 Å². The fraction of sp³-hybridized carbons (Fsp3) is 0.562. The van der Waals surface area contributed by atoms with E-state index in [-0.39, 0.29) is 18.0 Å². The van der Waals surface area contributed by atoms with E-state index in [1.54, 1.807) is 0 Å². The summed E-state index contributed by atoms with van der Waals surface area (Å²) < 4.78 is 10.5. The van der Waals surface area contributed by atoms with Gasteiger partial charge in [-0.25, -0.2) is 0 Å². The van der Waals surface area contributed by atoms with Crippen LogP contribution in [0.1, 0.15) is 51.5 Å². The van der Waals surface area contributed by atoms with Gasteiger partial charge in [0.05, 0.1) is 19.1 Å². The van der Waals surface area contributed by atoms with Gasteiger partial charge in [0.1, 0.15) is 5.75 Å². The second-order valence-corrected chi connectivity index (χ2v) is 4.95. The van der Waals surface area contributed by atoms with Crippen LogP contribution < -0.4 is 4.74 Å². The third kappa shape index (κ3) is 4.93. The number of rotatable bonds is 7. The Kier molecular flexibility index (Phi) is 6.40. The zero-order valence-corrected chi connectivity index (χ0v) is 12.3. The summed E-state index contributed by atoms with van der Waals surface area (Å²) >= 11 is 0. The van der Waals surface area contributed by atoms with Gasteiger partial charge in [0.25, 0.3) is 0 Å². The Hall–Kier alpha value is -1.51. The molecular weight excluding hydrogens is 240 g/mol. The van der Waals surface area contributed by atoms with Crippen LogP contribution in [0, 0.1) is 0 Å². The van der Waals surface area contributed by atoms with E-state index in [1.165, 1.54) is 7.11 Å². The van der Waals surface area contributed by atoms with Gasteiger partial charge in [-0.15, -0.1) is 0 Å². The Bertz CT molecular complexity index is 381. The van der Waals surface area contributed by atoms with Crippen LogP contribution in [0.4, 0.5) is 0 Å². The van der Waals surface area contributed by atoms with Gasteiger partial charge in [0.15, 0.2) is 0 Å². The molecule has 0 radical (unpaired) electrons. The molecule has 0 amide bonds. The van der Waals surface area contributed by atoms with Crippen molar-refractivity contribution in [3.8, 4) is 5.75 Å². The molecule has 0 bridgehead atoms. The predicted octanol–water partition coefficient (Wildman–Crippen LogP) is 3.92. The number of benzene rings is 1. The summed E-state index contributed by atoms with van der Waals surface area (Å²) in [5.41, 5.74) is 0.997. The van der Waals surface area contributed by atoms with E-state index < -0.39 is 0 Å². The van der Waals surface area contributed by atoms with Crippen molar-refractivity contribution in [2.24, 2.45) is 0 Å². The molecular formula is C16H24O3. The van der Waals surface area contributed by atoms with Crippen LogP contribution in [0.15, 0.2) is 24.3 Å². The first kappa shape index (κ1) is 15.5. The monoisotopic (exact) mass is 264 g/mol. The Morgan fingerprint density at radius 3 is 2.32 bits per heavy atom. The molecule has 0 saturated heterocycles. The minimum Gasteiger partial charge on any atom is -0.491 e. The smallest absolute Gasteiger partial charge is 0.313 e. The number of carbonyl (C=O) groups is 1. The largest absolute Gasteiger partial charge is 0.491 e. The third-order valence-corrected chi connectivity index (χ3v) is 2.99. The number of methoxy groups -OCH3 is 1. The average Bonchev–Trinajstić information content (AvgIpc) is 2.40. The number of carbonyl (C=O) groups excluding carboxylic acids is 1. The molecule has 0 spiro atoms. The maximum absolute atomic E-state index is 11.8. The highest BCUT2D eigenvalue weighted by Gasteiger charge is 2.20. The molecule has 106 valence electrons. The molecule has 1 atom stereocenters. The van der Waals surface area contributed by atoms with Crippen molar-refractivity contribution < 1.29 is 14.3 Å². The van der Waals surface area contributed by atoms with E-state index in [0.717, 1.165) is 30.6 Å². The quantitative estimate of drug-likeness (QED) is 0.700. The van der Waals surface area contributed by atoms with Gasteiger partial charge >= 0.3 is 5.97 Å². The maximum atomic E-state index is 11.8. The zero-order chi connectivity index (χ0) is 14.3. The normalized spacial score (nSPS) is 12.3. The number of ether oxygens (including phenoxy) is 2. The highest BCUT2D eigenvalue weighted by atomic mass is 16.5. The summed E-state index contributed by atoms with van der Waals surface area (Å²) in [4.78, 5) is 11.8. The summed E-state index contributed by atoms with van der Waals surface area (Å²) in [6, 6.07) is 7.73. The van der Waals surface area contributed by atoms with E-state index >= 15 is 0 Å². The van der Waals surface area contributed by atoms with Crippen molar-refractivity contribution in [3.63, 3.8) is 0 Å². The second-order valence-electron chi connectivity index (χ2n) is 4.95. The highest BCUT2D eigenvalue weighted by molar-refractivity contribution is 5.78. The van der Waals surface area contributed by atoms with Crippen molar-refractivity contribution in [1.82, 2.24) is 0 Å². The Morgan fingerprint density at radius 2 is 1.84 bits per heavy atom. The summed E-state index contributed by atoms with van der Waals surface area (Å²) in [6.07, 6.45) is 3.07. The zero-order valence-electron chi connectivity index (χ0n) is 12.3. The number of unbranched alkanes of at least 4 members (excludes halogenated alkanes) is 1. The predicted molar refractivity (Wildman–Crippen MR) is 76.5 cm³/mol. The van der Waals surface area contributed by atoms with Crippen molar-refractivity contribution in [3.05, 3.63) is 29.8 Å². The summed E-state index contributed by atoms with van der Waals surface area (Å²) in [5, 5.41) is 0. The van der Waals surface area contributed by atoms with Crippen molar-refractivity contribution >= 4 is 5.97 Å². The molecule has 1 aromatic carbocycles. The third-order valence-electron chi connectivity index (χ3n) is 2.99. The first-order chi connectivity index (χ1) is 9.08. The van der Waals surface area contributed by atoms with E-state index in [1.807, 2.05) is 38.1 Å². The SMILES string of the molecule is CCCCC(C(=O)OC)c1ccc(OC(C)C)cc1. The fourth-order valence-corrected chi connectivity index (χ4v) is 2.02. The molecule has 0 heterocycles. The summed E-state index contributed by atoms with van der Waals surface area (Å²) in [5.74, 6) is 0.502. The lowest BCUT2D eigenvalue weighted by Gasteiger charge is -2.16. The molecule has 0 aliphatic rings. The molecule has 0 saturated carbocycles. The lowest BCUT2D eigenvalue weighted by atomic mass is 9.93. The van der Waals surface area contributed by atoms with Gasteiger partial charge in [-0.3, -0.25) is 4.79 Å². The van der Waals surface area contributed by atoms with Gasteiger partial charge in [0.2, 0.25) is 0 Å². The lowest BCUT2D eigenvalue weighted by molar-refractivity contribution is -0.142. The van der Waals surface area contributed by atoms with E-state index in [2.05, 4.69) is 6.92 Å². The topological polar surface area (TPSA) is 35.5 Å². The standard InChI is InChI=1S/C16H24O3/c1-5-6-7-15(16(17)18-4)13-8-10-14(11-9-13)19-12(2)3/h8-12,15H,5-7H2,1-4H3. The van der Waals surface area contributed by atoms with Crippen molar-refractivity contribution in [2.75, 3.05) is 7.11 Å². The number of hydrogen-bond acceptors (Lipinski definition) is 3. The Balaban J connectivity index is 2.81. The van der Waals surface area contributed by atoms with Crippen LogP contribution in [-0.2, 0) is 9.53 Å². The molecule has 0 fully saturated rings. The second kappa shape index (κ2) is 7.82. The molecule has 0 aromatic heterocycles. The van der Waals surface area contributed by atoms with Gasteiger partial charge in [-0.05, 0) is 38.0 Å². The van der Waals surface area contributed by atoms with Crippen LogP contribution in [0.25, 0.3) is 0 Å². The molecule has 0 N–H and O–H groups in total. The summed E-state index contributed by atoms with van der Waals surface area (Å²) in [7, 11) is 1.44. The average molecular weight is 264 g/mol. The van der Waals surface area contributed by atoms with Crippen LogP contribution in [-0.4, -0.2) is 19.2 Å². The number of esters is 1. The minimum absolute atomic E-state index is 0.155.